The van der Waals surface area contributed by atoms with Gasteiger partial charge in [0.2, 0.25) is 0 Å². The van der Waals surface area contributed by atoms with Crippen LogP contribution in [0.3, 0.4) is 0 Å². The third kappa shape index (κ3) is 5.22. The van der Waals surface area contributed by atoms with Gasteiger partial charge in [-0.1, -0.05) is 127 Å². The molecule has 0 atom stereocenters. The van der Waals surface area contributed by atoms with E-state index in [0.717, 1.165) is 83.3 Å². The fraction of sp³-hybridized carbons (Fsp3) is 0.0196. The summed E-state index contributed by atoms with van der Waals surface area (Å²) in [6, 6.07) is 67.6. The average Bonchev–Trinajstić information content (AvgIpc) is 3.58. The quantitative estimate of drug-likeness (QED) is 0.168. The monoisotopic (exact) mass is 708 g/mol. The van der Waals surface area contributed by atoms with Crippen molar-refractivity contribution in [3.63, 3.8) is 0 Å². The predicted molar refractivity (Wildman–Crippen MR) is 230 cm³/mol. The van der Waals surface area contributed by atoms with Crippen LogP contribution in [0, 0.1) is 0 Å². The van der Waals surface area contributed by atoms with E-state index in [4.69, 9.17) is 4.74 Å². The summed E-state index contributed by atoms with van der Waals surface area (Å²) in [5.74, 6) is 1.03. The van der Waals surface area contributed by atoms with Gasteiger partial charge in [0.1, 0.15) is 11.5 Å². The zero-order valence-corrected chi connectivity index (χ0v) is 30.2. The van der Waals surface area contributed by atoms with Gasteiger partial charge in [-0.3, -0.25) is 0 Å². The molecule has 0 radical (unpaired) electrons. The summed E-state index contributed by atoms with van der Waals surface area (Å²) >= 11 is 0. The second kappa shape index (κ2) is 13.3. The van der Waals surface area contributed by atoms with Gasteiger partial charge in [-0.25, -0.2) is 0 Å². The summed E-state index contributed by atoms with van der Waals surface area (Å²) in [7, 11) is 1.73. The molecule has 4 nitrogen and oxygen atoms in total. The van der Waals surface area contributed by atoms with Crippen LogP contribution in [-0.4, -0.2) is 16.8 Å². The number of phenolic OH excluding ortho intramolecular Hbond substituents is 1. The van der Waals surface area contributed by atoms with Crippen molar-refractivity contribution in [2.45, 2.75) is 0 Å². The normalized spacial score (nSPS) is 11.4. The van der Waals surface area contributed by atoms with Gasteiger partial charge < -0.3 is 19.3 Å². The fourth-order valence-electron chi connectivity index (χ4n) is 8.46. The Morgan fingerprint density at radius 3 is 1.82 bits per heavy atom. The molecule has 0 fully saturated rings. The molecule has 0 saturated heterocycles. The highest BCUT2D eigenvalue weighted by molar-refractivity contribution is 6.26. The van der Waals surface area contributed by atoms with Crippen molar-refractivity contribution < 1.29 is 9.84 Å². The Morgan fingerprint density at radius 2 is 1.05 bits per heavy atom. The molecule has 10 aromatic rings. The van der Waals surface area contributed by atoms with Crippen LogP contribution >= 0.6 is 0 Å². The highest BCUT2D eigenvalue weighted by atomic mass is 16.5. The second-order valence-corrected chi connectivity index (χ2v) is 13.8. The van der Waals surface area contributed by atoms with Crippen LogP contribution in [0.1, 0.15) is 0 Å². The lowest BCUT2D eigenvalue weighted by Gasteiger charge is -2.29. The SMILES string of the molecule is COc1ccccc1-c1c2ccccc2c(-c2ccccc2O)c2cccc(N(c3ccccc3)c3ccc4c(c3)c3ccccc3n4-c3ccccc3)c12. The Bertz CT molecular complexity index is 3040. The number of rotatable bonds is 7. The smallest absolute Gasteiger partial charge is 0.126 e. The molecular weight excluding hydrogens is 673 g/mol. The molecule has 1 heterocycles. The molecule has 0 aliphatic heterocycles. The van der Waals surface area contributed by atoms with E-state index in [0.29, 0.717) is 0 Å². The molecule has 0 aliphatic carbocycles. The minimum atomic E-state index is 0.240. The van der Waals surface area contributed by atoms with Crippen LogP contribution in [-0.2, 0) is 0 Å². The summed E-state index contributed by atoms with van der Waals surface area (Å²) in [6.45, 7) is 0. The molecule has 10 rings (SSSR count). The van der Waals surface area contributed by atoms with Gasteiger partial charge in [0.25, 0.3) is 0 Å². The molecule has 262 valence electrons. The molecule has 1 aromatic heterocycles. The number of phenols is 1. The third-order valence-electron chi connectivity index (χ3n) is 10.8. The van der Waals surface area contributed by atoms with Crippen molar-refractivity contribution in [2.75, 3.05) is 12.0 Å². The molecule has 55 heavy (non-hydrogen) atoms. The van der Waals surface area contributed by atoms with Gasteiger partial charge in [0.15, 0.2) is 0 Å². The highest BCUT2D eigenvalue weighted by Crippen LogP contribution is 2.52. The Hall–Kier alpha value is -7.30. The van der Waals surface area contributed by atoms with Gasteiger partial charge >= 0.3 is 0 Å². The van der Waals surface area contributed by atoms with Gasteiger partial charge in [-0.05, 0) is 82.9 Å². The molecule has 9 aromatic carbocycles. The van der Waals surface area contributed by atoms with Crippen LogP contribution in [0.5, 0.6) is 11.5 Å². The minimum absolute atomic E-state index is 0.240. The van der Waals surface area contributed by atoms with Crippen LogP contribution in [0.2, 0.25) is 0 Å². The fourth-order valence-corrected chi connectivity index (χ4v) is 8.46. The first-order valence-corrected chi connectivity index (χ1v) is 18.5. The van der Waals surface area contributed by atoms with E-state index in [-0.39, 0.29) is 5.75 Å². The number of hydrogen-bond donors (Lipinski definition) is 1. The van der Waals surface area contributed by atoms with Crippen LogP contribution in [0.25, 0.3) is 71.3 Å². The van der Waals surface area contributed by atoms with Crippen molar-refractivity contribution in [3.05, 3.63) is 194 Å². The highest BCUT2D eigenvalue weighted by Gasteiger charge is 2.25. The first-order chi connectivity index (χ1) is 27.2. The topological polar surface area (TPSA) is 37.6 Å². The van der Waals surface area contributed by atoms with E-state index in [2.05, 4.69) is 167 Å². The molecule has 0 amide bonds. The summed E-state index contributed by atoms with van der Waals surface area (Å²) < 4.78 is 8.42. The first kappa shape index (κ1) is 32.4. The summed E-state index contributed by atoms with van der Waals surface area (Å²) in [5, 5.41) is 18.0. The Labute approximate surface area is 319 Å². The summed E-state index contributed by atoms with van der Waals surface area (Å²) in [5.41, 5.74) is 10.3. The average molecular weight is 709 g/mol. The molecule has 4 heteroatoms. The lowest BCUT2D eigenvalue weighted by Crippen LogP contribution is -2.11. The van der Waals surface area contributed by atoms with Crippen molar-refractivity contribution in [3.8, 4) is 39.4 Å². The number of ether oxygens (including phenoxy) is 1. The number of aromatic nitrogens is 1. The largest absolute Gasteiger partial charge is 0.507 e. The molecule has 0 aliphatic rings. The van der Waals surface area contributed by atoms with Gasteiger partial charge in [0.05, 0.1) is 23.8 Å². The maximum Gasteiger partial charge on any atom is 0.126 e. The Balaban J connectivity index is 1.35. The molecular formula is C51H36N2O2. The number of para-hydroxylation sites is 5. The van der Waals surface area contributed by atoms with E-state index < -0.39 is 0 Å². The molecule has 0 spiro atoms. The Kier molecular flexibility index (Phi) is 7.81. The maximum absolute atomic E-state index is 11.4. The predicted octanol–water partition coefficient (Wildman–Crippen LogP) is 13.6. The van der Waals surface area contributed by atoms with Crippen molar-refractivity contribution in [1.82, 2.24) is 4.57 Å². The van der Waals surface area contributed by atoms with Crippen molar-refractivity contribution >= 4 is 60.4 Å². The number of anilines is 3. The lowest BCUT2D eigenvalue weighted by atomic mass is 9.84. The van der Waals surface area contributed by atoms with E-state index >= 15 is 0 Å². The lowest BCUT2D eigenvalue weighted by molar-refractivity contribution is 0.416. The molecule has 0 bridgehead atoms. The molecule has 1 N–H and O–H groups in total. The summed E-state index contributed by atoms with van der Waals surface area (Å²) in [6.07, 6.45) is 0. The number of benzene rings is 9. The zero-order chi connectivity index (χ0) is 36.9. The van der Waals surface area contributed by atoms with E-state index in [1.165, 1.54) is 10.8 Å². The van der Waals surface area contributed by atoms with E-state index in [1.807, 2.05) is 30.3 Å². The van der Waals surface area contributed by atoms with Crippen molar-refractivity contribution in [2.24, 2.45) is 0 Å². The van der Waals surface area contributed by atoms with E-state index in [1.54, 1.807) is 13.2 Å². The number of nitrogens with zero attached hydrogens (tertiary/aromatic N) is 2. The molecule has 0 unspecified atom stereocenters. The Morgan fingerprint density at radius 1 is 0.455 bits per heavy atom. The number of fused-ring (bicyclic) bond motifs is 5. The third-order valence-corrected chi connectivity index (χ3v) is 10.8. The minimum Gasteiger partial charge on any atom is -0.507 e. The zero-order valence-electron chi connectivity index (χ0n) is 30.2. The first-order valence-electron chi connectivity index (χ1n) is 18.5. The van der Waals surface area contributed by atoms with Gasteiger partial charge in [-0.15, -0.1) is 0 Å². The van der Waals surface area contributed by atoms with E-state index in [9.17, 15) is 5.11 Å². The second-order valence-electron chi connectivity index (χ2n) is 13.8. The number of aromatic hydroxyl groups is 1. The maximum atomic E-state index is 11.4. The van der Waals surface area contributed by atoms with Crippen LogP contribution < -0.4 is 9.64 Å². The summed E-state index contributed by atoms with van der Waals surface area (Å²) in [4.78, 5) is 2.37. The standard InChI is InChI=1S/C51H36N2O2/c1-55-48-30-15-12-25-41(48)50-39-23-9-8-22-38(39)49(40-24-11-14-29-47(40)54)42-26-16-28-46(51(42)50)52(34-17-4-2-5-18-34)36-31-32-45-43(33-36)37-21-10-13-27-44(37)53(45)35-19-6-3-7-20-35/h2-33,54H,1H3. The van der Waals surface area contributed by atoms with Gasteiger partial charge in [0, 0.05) is 55.5 Å². The number of methoxy groups -OCH3 is 1. The molecule has 0 saturated carbocycles. The van der Waals surface area contributed by atoms with Crippen molar-refractivity contribution in [1.29, 1.82) is 0 Å². The van der Waals surface area contributed by atoms with Crippen LogP contribution in [0.15, 0.2) is 194 Å². The number of hydrogen-bond acceptors (Lipinski definition) is 3. The van der Waals surface area contributed by atoms with Gasteiger partial charge in [-0.2, -0.15) is 0 Å². The van der Waals surface area contributed by atoms with Crippen LogP contribution in [0.4, 0.5) is 17.1 Å².